The summed E-state index contributed by atoms with van der Waals surface area (Å²) in [4.78, 5) is 10.9. The molecule has 0 heterocycles. The van der Waals surface area contributed by atoms with Crippen molar-refractivity contribution in [2.45, 2.75) is 53.0 Å². The zero-order valence-electron chi connectivity index (χ0n) is 10.3. The van der Waals surface area contributed by atoms with Crippen molar-refractivity contribution in [3.05, 3.63) is 0 Å². The van der Waals surface area contributed by atoms with Crippen molar-refractivity contribution in [1.29, 1.82) is 0 Å². The lowest BCUT2D eigenvalue weighted by Crippen LogP contribution is -2.42. The Labute approximate surface area is 94.1 Å². The Hall–Kier alpha value is -0.600. The van der Waals surface area contributed by atoms with Crippen molar-refractivity contribution >= 4 is 5.91 Å². The van der Waals surface area contributed by atoms with Gasteiger partial charge in [-0.15, -0.1) is 0 Å². The summed E-state index contributed by atoms with van der Waals surface area (Å²) in [6, 6.07) is -0.311. The molecule has 0 aliphatic rings. The third-order valence-electron chi connectivity index (χ3n) is 2.82. The fraction of sp³-hybridized carbons (Fsp3) is 0.917. The van der Waals surface area contributed by atoms with Gasteiger partial charge in [0.2, 0.25) is 5.91 Å². The van der Waals surface area contributed by atoms with Crippen LogP contribution in [0.15, 0.2) is 0 Å². The number of hydrogen-bond donors (Lipinski definition) is 1. The molecule has 0 saturated carbocycles. The second-order valence-corrected chi connectivity index (χ2v) is 4.51. The van der Waals surface area contributed by atoms with Gasteiger partial charge < -0.3 is 5.32 Å². The number of halogens is 1. The number of hydrogen-bond acceptors (Lipinski definition) is 1. The first-order chi connectivity index (χ1) is 7.02. The topological polar surface area (TPSA) is 29.1 Å². The first-order valence-corrected chi connectivity index (χ1v) is 5.86. The van der Waals surface area contributed by atoms with Crippen molar-refractivity contribution in [1.82, 2.24) is 5.32 Å². The van der Waals surface area contributed by atoms with Gasteiger partial charge in [-0.25, -0.2) is 4.39 Å². The summed E-state index contributed by atoms with van der Waals surface area (Å²) in [7, 11) is 0. The smallest absolute Gasteiger partial charge is 0.217 e. The van der Waals surface area contributed by atoms with Gasteiger partial charge in [-0.2, -0.15) is 0 Å². The third kappa shape index (κ3) is 5.75. The molecule has 0 aliphatic carbocycles. The summed E-state index contributed by atoms with van der Waals surface area (Å²) >= 11 is 0. The van der Waals surface area contributed by atoms with E-state index in [0.717, 1.165) is 19.3 Å². The molecule has 0 saturated heterocycles. The van der Waals surface area contributed by atoms with Crippen LogP contribution in [0.1, 0.15) is 48.4 Å². The predicted molar refractivity (Wildman–Crippen MR) is 63.5 cm³/mol. The molecule has 3 heteroatoms. The minimum absolute atomic E-state index is 0. The minimum Gasteiger partial charge on any atom is -0.351 e. The van der Waals surface area contributed by atoms with E-state index < -0.39 is 6.67 Å². The van der Waals surface area contributed by atoms with Crippen molar-refractivity contribution in [2.75, 3.05) is 6.67 Å². The van der Waals surface area contributed by atoms with Crippen LogP contribution in [0.4, 0.5) is 4.39 Å². The highest BCUT2D eigenvalue weighted by molar-refractivity contribution is 5.73. The summed E-state index contributed by atoms with van der Waals surface area (Å²) < 4.78 is 12.8. The van der Waals surface area contributed by atoms with Gasteiger partial charge in [0.25, 0.3) is 0 Å². The Balaban J connectivity index is 0. The molecule has 15 heavy (non-hydrogen) atoms. The van der Waals surface area contributed by atoms with Crippen molar-refractivity contribution in [3.63, 3.8) is 0 Å². The Morgan fingerprint density at radius 2 is 2.07 bits per heavy atom. The Morgan fingerprint density at radius 3 is 2.40 bits per heavy atom. The number of amides is 1. The maximum Gasteiger partial charge on any atom is 0.217 e. The molecule has 0 aromatic carbocycles. The lowest BCUT2D eigenvalue weighted by molar-refractivity contribution is -0.120. The summed E-state index contributed by atoms with van der Waals surface area (Å²) in [5, 5.41) is 2.71. The highest BCUT2D eigenvalue weighted by Crippen LogP contribution is 2.22. The molecule has 1 amide bonds. The molecule has 0 rings (SSSR count). The number of alkyl halides is 1. The summed E-state index contributed by atoms with van der Waals surface area (Å²) in [5.41, 5.74) is 0. The largest absolute Gasteiger partial charge is 0.351 e. The van der Waals surface area contributed by atoms with Gasteiger partial charge in [-0.1, -0.05) is 33.6 Å². The number of carbonyl (C=O) groups excluding carboxylic acids is 1. The molecule has 0 fully saturated rings. The molecule has 0 aromatic rings. The maximum atomic E-state index is 12.8. The average molecular weight is 219 g/mol. The fourth-order valence-electron chi connectivity index (χ4n) is 1.96. The van der Waals surface area contributed by atoms with Gasteiger partial charge in [0.15, 0.2) is 0 Å². The molecule has 2 atom stereocenters. The second kappa shape index (κ2) is 7.66. The Kier molecular flexibility index (Phi) is 7.35. The highest BCUT2D eigenvalue weighted by Gasteiger charge is 2.24. The number of carbonyl (C=O) groups is 1. The van der Waals surface area contributed by atoms with Crippen LogP contribution in [0.25, 0.3) is 0 Å². The lowest BCUT2D eigenvalue weighted by Gasteiger charge is -2.28. The zero-order chi connectivity index (χ0) is 11.8. The van der Waals surface area contributed by atoms with Gasteiger partial charge >= 0.3 is 0 Å². The molecule has 0 aliphatic heterocycles. The van der Waals surface area contributed by atoms with E-state index in [1.54, 1.807) is 0 Å². The second-order valence-electron chi connectivity index (χ2n) is 4.51. The van der Waals surface area contributed by atoms with Crippen LogP contribution in [0.3, 0.4) is 0 Å². The quantitative estimate of drug-likeness (QED) is 0.700. The number of unbranched alkanes of at least 4 members (excludes halogenated alkanes) is 1. The van der Waals surface area contributed by atoms with E-state index in [0.29, 0.717) is 5.92 Å². The highest BCUT2D eigenvalue weighted by atomic mass is 19.1. The van der Waals surface area contributed by atoms with Crippen LogP contribution in [0.5, 0.6) is 0 Å². The monoisotopic (exact) mass is 219 g/mol. The Morgan fingerprint density at radius 1 is 1.47 bits per heavy atom. The van der Waals surface area contributed by atoms with Crippen LogP contribution >= 0.6 is 0 Å². The van der Waals surface area contributed by atoms with Gasteiger partial charge in [-0.3, -0.25) is 4.79 Å². The molecular formula is C12H26FNO. The molecule has 2 unspecified atom stereocenters. The molecule has 92 valence electrons. The van der Waals surface area contributed by atoms with Crippen LogP contribution in [-0.2, 0) is 4.79 Å². The molecular weight excluding hydrogens is 193 g/mol. The normalized spacial score (nSPS) is 15.1. The maximum absolute atomic E-state index is 12.8. The van der Waals surface area contributed by atoms with E-state index in [1.165, 1.54) is 6.92 Å². The van der Waals surface area contributed by atoms with E-state index in [4.69, 9.17) is 0 Å². The van der Waals surface area contributed by atoms with Gasteiger partial charge in [0.1, 0.15) is 6.67 Å². The molecule has 0 spiro atoms. The lowest BCUT2D eigenvalue weighted by atomic mass is 9.84. The van der Waals surface area contributed by atoms with Crippen LogP contribution < -0.4 is 5.32 Å². The van der Waals surface area contributed by atoms with Crippen LogP contribution in [0, 0.1) is 11.8 Å². The standard InChI is InChI=1S/C12H24FNO.H2/c1-5-6-7-11(9(2)3)12(8-13)14-10(4)15;/h9,11-12H,5-8H2,1-4H3,(H,14,15);1H. The van der Waals surface area contributed by atoms with E-state index in [1.807, 2.05) is 0 Å². The molecule has 2 nitrogen and oxygen atoms in total. The molecule has 1 N–H and O–H groups in total. The van der Waals surface area contributed by atoms with Gasteiger partial charge in [0.05, 0.1) is 6.04 Å². The SMILES string of the molecule is CCCCC(C(C)C)C(CF)NC(C)=O.[HH]. The van der Waals surface area contributed by atoms with Crippen LogP contribution in [-0.4, -0.2) is 18.6 Å². The molecule has 0 aromatic heterocycles. The first kappa shape index (κ1) is 14.4. The number of nitrogens with one attached hydrogen (secondary N) is 1. The average Bonchev–Trinajstić information content (AvgIpc) is 2.15. The summed E-state index contributed by atoms with van der Waals surface area (Å²) in [6.45, 7) is 7.28. The number of rotatable bonds is 7. The van der Waals surface area contributed by atoms with Crippen molar-refractivity contribution < 1.29 is 10.6 Å². The van der Waals surface area contributed by atoms with E-state index >= 15 is 0 Å². The molecule has 0 bridgehead atoms. The predicted octanol–water partition coefficient (Wildman–Crippen LogP) is 3.17. The zero-order valence-corrected chi connectivity index (χ0v) is 10.3. The fourth-order valence-corrected chi connectivity index (χ4v) is 1.96. The van der Waals surface area contributed by atoms with Crippen molar-refractivity contribution in [2.24, 2.45) is 11.8 Å². The molecule has 0 radical (unpaired) electrons. The van der Waals surface area contributed by atoms with Gasteiger partial charge in [-0.05, 0) is 18.3 Å². The Bertz CT molecular complexity index is 188. The third-order valence-corrected chi connectivity index (χ3v) is 2.82. The van der Waals surface area contributed by atoms with E-state index in [-0.39, 0.29) is 19.3 Å². The minimum atomic E-state index is -0.466. The van der Waals surface area contributed by atoms with E-state index in [9.17, 15) is 9.18 Å². The first-order valence-electron chi connectivity index (χ1n) is 5.86. The van der Waals surface area contributed by atoms with Crippen LogP contribution in [0.2, 0.25) is 0 Å². The van der Waals surface area contributed by atoms with E-state index in [2.05, 4.69) is 26.1 Å². The summed E-state index contributed by atoms with van der Waals surface area (Å²) in [6.07, 6.45) is 3.20. The van der Waals surface area contributed by atoms with Crippen molar-refractivity contribution in [3.8, 4) is 0 Å². The van der Waals surface area contributed by atoms with Gasteiger partial charge in [0, 0.05) is 8.35 Å². The summed E-state index contributed by atoms with van der Waals surface area (Å²) in [5.74, 6) is 0.516.